The van der Waals surface area contributed by atoms with E-state index in [1.807, 2.05) is 0 Å². The Morgan fingerprint density at radius 2 is 0.650 bits per heavy atom. The first-order chi connectivity index (χ1) is 38.9. The lowest BCUT2D eigenvalue weighted by Crippen LogP contribution is -2.56. The largest absolute Gasteiger partial charge is 0.310 e. The summed E-state index contributed by atoms with van der Waals surface area (Å²) in [5, 5.41) is 0. The Kier molecular flexibility index (Phi) is 10.4. The molecule has 2 heteroatoms. The molecule has 0 amide bonds. The van der Waals surface area contributed by atoms with Gasteiger partial charge in [-0.15, -0.1) is 0 Å². The van der Waals surface area contributed by atoms with Crippen LogP contribution in [0.15, 0.2) is 218 Å². The van der Waals surface area contributed by atoms with Crippen LogP contribution in [-0.2, 0) is 16.2 Å². The van der Waals surface area contributed by atoms with Gasteiger partial charge in [0.25, 0.3) is 0 Å². The molecule has 0 heterocycles. The number of benzene rings is 10. The van der Waals surface area contributed by atoms with Gasteiger partial charge in [-0.3, -0.25) is 0 Å². The third kappa shape index (κ3) is 6.84. The number of anilines is 6. The molecule has 0 radical (unpaired) electrons. The third-order valence-corrected chi connectivity index (χ3v) is 20.6. The molecule has 0 aliphatic heterocycles. The van der Waals surface area contributed by atoms with Gasteiger partial charge in [-0.1, -0.05) is 173 Å². The van der Waals surface area contributed by atoms with Crippen molar-refractivity contribution in [2.24, 2.45) is 23.7 Å². The van der Waals surface area contributed by atoms with Crippen LogP contribution in [0.5, 0.6) is 0 Å². The van der Waals surface area contributed by atoms with Gasteiger partial charge in [-0.25, -0.2) is 0 Å². The number of aryl methyl sites for hydroxylation is 2. The highest BCUT2D eigenvalue weighted by Crippen LogP contribution is 2.74. The van der Waals surface area contributed by atoms with E-state index in [2.05, 4.69) is 270 Å². The maximum absolute atomic E-state index is 2.59. The quantitative estimate of drug-likeness (QED) is 0.150. The lowest BCUT2D eigenvalue weighted by Gasteiger charge is -2.62. The zero-order valence-corrected chi connectivity index (χ0v) is 47.0. The van der Waals surface area contributed by atoms with Gasteiger partial charge in [0, 0.05) is 50.4 Å². The van der Waals surface area contributed by atoms with Gasteiger partial charge in [-0.2, -0.15) is 0 Å². The van der Waals surface area contributed by atoms with Crippen molar-refractivity contribution >= 4 is 34.1 Å². The van der Waals surface area contributed by atoms with E-state index >= 15 is 0 Å². The monoisotopic (exact) mass is 1030 g/mol. The molecule has 0 saturated heterocycles. The minimum atomic E-state index is -0.201. The highest BCUT2D eigenvalue weighted by Gasteiger charge is 2.65. The average molecular weight is 1030 g/mol. The highest BCUT2D eigenvalue weighted by molar-refractivity contribution is 5.98. The first kappa shape index (κ1) is 47.8. The Morgan fingerprint density at radius 1 is 0.300 bits per heavy atom. The highest BCUT2D eigenvalue weighted by atomic mass is 15.1. The van der Waals surface area contributed by atoms with Crippen LogP contribution in [0.25, 0.3) is 55.6 Å². The van der Waals surface area contributed by atoms with E-state index in [-0.39, 0.29) is 16.2 Å². The minimum absolute atomic E-state index is 0.0595. The van der Waals surface area contributed by atoms with Gasteiger partial charge in [0.1, 0.15) is 0 Å². The maximum Gasteiger partial charge on any atom is 0.0468 e. The normalized spacial score (nSPS) is 20.2. The van der Waals surface area contributed by atoms with Gasteiger partial charge in [0.05, 0.1) is 0 Å². The lowest BCUT2D eigenvalue weighted by atomic mass is 9.42. The van der Waals surface area contributed by atoms with Crippen molar-refractivity contribution in [2.75, 3.05) is 9.80 Å². The summed E-state index contributed by atoms with van der Waals surface area (Å²) >= 11 is 0. The summed E-state index contributed by atoms with van der Waals surface area (Å²) in [5.74, 6) is 2.91. The molecule has 7 aliphatic carbocycles. The summed E-state index contributed by atoms with van der Waals surface area (Å²) < 4.78 is 0. The van der Waals surface area contributed by atoms with Gasteiger partial charge < -0.3 is 9.80 Å². The molecular weight excluding hydrogens is 965 g/mol. The molecule has 0 N–H and O–H groups in total. The minimum Gasteiger partial charge on any atom is -0.310 e. The van der Waals surface area contributed by atoms with Crippen LogP contribution in [0.4, 0.5) is 34.1 Å². The van der Waals surface area contributed by atoms with Crippen molar-refractivity contribution in [1.29, 1.82) is 0 Å². The number of fused-ring (bicyclic) bond motifs is 11. The van der Waals surface area contributed by atoms with Crippen LogP contribution in [0.3, 0.4) is 0 Å². The fourth-order valence-electron chi connectivity index (χ4n) is 17.6. The van der Waals surface area contributed by atoms with Crippen LogP contribution in [0.2, 0.25) is 0 Å². The molecule has 2 nitrogen and oxygen atoms in total. The Bertz CT molecular complexity index is 3900. The van der Waals surface area contributed by atoms with Gasteiger partial charge in [0.2, 0.25) is 0 Å². The predicted molar refractivity (Wildman–Crippen MR) is 335 cm³/mol. The molecule has 7 aliphatic rings. The van der Waals surface area contributed by atoms with E-state index in [1.165, 1.54) is 133 Å². The number of rotatable bonds is 8. The third-order valence-electron chi connectivity index (χ3n) is 20.6. The number of nitrogens with zero attached hydrogens (tertiary/aromatic N) is 2. The number of hydrogen-bond donors (Lipinski definition) is 0. The van der Waals surface area contributed by atoms with Crippen molar-refractivity contribution in [1.82, 2.24) is 0 Å². The van der Waals surface area contributed by atoms with E-state index in [9.17, 15) is 0 Å². The second-order valence-electron chi connectivity index (χ2n) is 25.9. The molecule has 80 heavy (non-hydrogen) atoms. The second-order valence-corrected chi connectivity index (χ2v) is 25.9. The van der Waals surface area contributed by atoms with E-state index in [0.29, 0.717) is 11.8 Å². The van der Waals surface area contributed by atoms with Crippen LogP contribution < -0.4 is 9.80 Å². The lowest BCUT2D eigenvalue weighted by molar-refractivity contribution is -0.0409. The molecule has 17 rings (SSSR count). The molecule has 4 bridgehead atoms. The standard InChI is InChI=1S/C78H68N2/c1-48-17-13-25-58(37-48)79(60-27-15-23-54(44-60)52-19-9-7-10-20-52)62-29-35-70-68(46-62)66-33-31-64-65-32-34-67-69-47-63(80(59-26-14-18-49(2)38-59)61-28-16-24-55(45-61)53-21-11-8-12-22-53)30-36-71(69)77(5,6)73(67)75(65)78(74(64)72(66)76(70,3)4)56-40-50-39-51(42-56)43-57(78)41-50/h7-38,44-47,50-51,56-57H,39-43H2,1-6H3. The molecule has 0 unspecified atom stereocenters. The Labute approximate surface area is 473 Å². The Hall–Kier alpha value is -8.20. The molecule has 0 aromatic heterocycles. The zero-order chi connectivity index (χ0) is 53.8. The van der Waals surface area contributed by atoms with Gasteiger partial charge >= 0.3 is 0 Å². The topological polar surface area (TPSA) is 6.48 Å². The van der Waals surface area contributed by atoms with Crippen LogP contribution >= 0.6 is 0 Å². The van der Waals surface area contributed by atoms with Crippen LogP contribution in [0, 0.1) is 37.5 Å². The second kappa shape index (κ2) is 17.4. The van der Waals surface area contributed by atoms with Crippen molar-refractivity contribution in [3.63, 3.8) is 0 Å². The molecule has 10 aromatic carbocycles. The smallest absolute Gasteiger partial charge is 0.0468 e. The Morgan fingerprint density at radius 3 is 1.05 bits per heavy atom. The van der Waals surface area contributed by atoms with Crippen molar-refractivity contribution < 1.29 is 0 Å². The predicted octanol–water partition coefficient (Wildman–Crippen LogP) is 20.9. The molecule has 4 saturated carbocycles. The summed E-state index contributed by atoms with van der Waals surface area (Å²) in [6.07, 6.45) is 6.80. The summed E-state index contributed by atoms with van der Waals surface area (Å²) in [5.41, 5.74) is 32.1. The van der Waals surface area contributed by atoms with E-state index in [4.69, 9.17) is 0 Å². The SMILES string of the molecule is Cc1cccc(N(c2cccc(-c3ccccc3)c2)c2ccc3c(c2)-c2ccc4c(c2C3(C)C)C2(c3c-4ccc4c3C(C)(C)c3ccc(N(c5cccc(C)c5)c5cccc(-c6ccccc6)c5)cc3-4)C3CC4CC(C3)CC2C4)c1. The maximum atomic E-state index is 2.59. The fraction of sp³-hybridized carbons (Fsp3) is 0.231. The molecule has 10 aromatic rings. The van der Waals surface area contributed by atoms with Crippen molar-refractivity contribution in [3.8, 4) is 55.6 Å². The van der Waals surface area contributed by atoms with Gasteiger partial charge in [0.15, 0.2) is 0 Å². The van der Waals surface area contributed by atoms with Gasteiger partial charge in [-0.05, 0) is 243 Å². The van der Waals surface area contributed by atoms with Crippen molar-refractivity contribution in [2.45, 2.75) is 89.9 Å². The first-order valence-corrected chi connectivity index (χ1v) is 29.7. The summed E-state index contributed by atoms with van der Waals surface area (Å²) in [7, 11) is 0. The first-order valence-electron chi connectivity index (χ1n) is 29.7. The molecule has 1 spiro atoms. The Balaban J connectivity index is 0.874. The van der Waals surface area contributed by atoms with Crippen LogP contribution in [-0.4, -0.2) is 0 Å². The summed E-state index contributed by atoms with van der Waals surface area (Å²) in [4.78, 5) is 4.98. The van der Waals surface area contributed by atoms with E-state index in [0.717, 1.165) is 23.2 Å². The molecule has 390 valence electrons. The van der Waals surface area contributed by atoms with Crippen LogP contribution in [0.1, 0.15) is 104 Å². The van der Waals surface area contributed by atoms with Crippen molar-refractivity contribution in [3.05, 3.63) is 263 Å². The summed E-state index contributed by atoms with van der Waals surface area (Å²) in [6.45, 7) is 14.7. The zero-order valence-electron chi connectivity index (χ0n) is 47.0. The van der Waals surface area contributed by atoms with E-state index < -0.39 is 0 Å². The van der Waals surface area contributed by atoms with E-state index in [1.54, 1.807) is 22.3 Å². The number of hydrogen-bond acceptors (Lipinski definition) is 2. The summed E-state index contributed by atoms with van der Waals surface area (Å²) in [6, 6.07) is 83.1. The molecular formula is C78H68N2. The molecule has 4 fully saturated rings. The fourth-order valence-corrected chi connectivity index (χ4v) is 17.6. The average Bonchev–Trinajstić information content (AvgIpc) is 2.34. The molecule has 0 atom stereocenters.